The van der Waals surface area contributed by atoms with Crippen LogP contribution in [0.5, 0.6) is 0 Å². The topological polar surface area (TPSA) is 12.4 Å². The molecule has 0 bridgehead atoms. The highest BCUT2D eigenvalue weighted by Crippen LogP contribution is 2.27. The summed E-state index contributed by atoms with van der Waals surface area (Å²) in [7, 11) is 0. The third-order valence-corrected chi connectivity index (χ3v) is 4.36. The van der Waals surface area contributed by atoms with Gasteiger partial charge in [-0.05, 0) is 56.3 Å². The highest BCUT2D eigenvalue weighted by molar-refractivity contribution is 9.10. The average Bonchev–Trinajstić information content (AvgIpc) is 2.84. The van der Waals surface area contributed by atoms with Crippen molar-refractivity contribution in [1.29, 1.82) is 0 Å². The number of benzene rings is 1. The second-order valence-electron chi connectivity index (χ2n) is 5.16. The van der Waals surface area contributed by atoms with Crippen molar-refractivity contribution in [1.82, 2.24) is 0 Å². The van der Waals surface area contributed by atoms with Crippen molar-refractivity contribution in [2.45, 2.75) is 25.5 Å². The third-order valence-electron chi connectivity index (χ3n) is 2.32. The fourth-order valence-corrected chi connectivity index (χ4v) is 2.94. The van der Waals surface area contributed by atoms with Crippen molar-refractivity contribution in [2.24, 2.45) is 4.40 Å². The largest absolute Gasteiger partial charge is 0.215 e. The Hall–Kier alpha value is -0.580. The van der Waals surface area contributed by atoms with Gasteiger partial charge in [-0.2, -0.15) is 11.3 Å². The summed E-state index contributed by atoms with van der Waals surface area (Å²) in [6.45, 7) is 6.52. The zero-order valence-corrected chi connectivity index (χ0v) is 14.4. The first-order valence-electron chi connectivity index (χ1n) is 6.00. The van der Waals surface area contributed by atoms with E-state index in [9.17, 15) is 0 Å². The van der Waals surface area contributed by atoms with Crippen LogP contribution in [0.4, 0.5) is 0 Å². The van der Waals surface area contributed by atoms with Crippen LogP contribution in [0.1, 0.15) is 31.9 Å². The minimum absolute atomic E-state index is 0.122. The van der Waals surface area contributed by atoms with E-state index in [0.717, 1.165) is 15.7 Å². The molecule has 1 heterocycles. The van der Waals surface area contributed by atoms with E-state index < -0.39 is 0 Å². The van der Waals surface area contributed by atoms with Crippen LogP contribution >= 0.6 is 39.2 Å². The molecule has 2 rings (SSSR count). The maximum atomic E-state index is 4.76. The zero-order valence-electron chi connectivity index (χ0n) is 11.2. The van der Waals surface area contributed by atoms with Crippen LogP contribution < -0.4 is 0 Å². The van der Waals surface area contributed by atoms with Gasteiger partial charge in [0.15, 0.2) is 0 Å². The standard InChI is InChI=1S/C15H16BrNS2/c1-15(2,3)19-17-14(12-8-9-18-10-12)11-4-6-13(16)7-5-11/h4-10H,1-3H3. The van der Waals surface area contributed by atoms with E-state index in [2.05, 4.69) is 77.8 Å². The SMILES string of the molecule is CC(C)(C)SN=C(c1ccc(Br)cc1)c1ccsc1. The molecule has 0 atom stereocenters. The van der Waals surface area contributed by atoms with Gasteiger partial charge < -0.3 is 0 Å². The Morgan fingerprint density at radius 2 is 1.79 bits per heavy atom. The van der Waals surface area contributed by atoms with Crippen molar-refractivity contribution in [3.63, 3.8) is 0 Å². The Bertz CT molecular complexity index is 551. The van der Waals surface area contributed by atoms with Crippen LogP contribution in [0, 0.1) is 0 Å². The molecule has 100 valence electrons. The molecule has 0 fully saturated rings. The summed E-state index contributed by atoms with van der Waals surface area (Å²) in [5, 5.41) is 4.23. The van der Waals surface area contributed by atoms with Crippen molar-refractivity contribution >= 4 is 44.9 Å². The highest BCUT2D eigenvalue weighted by Gasteiger charge is 2.13. The second-order valence-corrected chi connectivity index (χ2v) is 8.45. The lowest BCUT2D eigenvalue weighted by Crippen LogP contribution is -2.08. The zero-order chi connectivity index (χ0) is 13.9. The van der Waals surface area contributed by atoms with E-state index in [1.807, 2.05) is 0 Å². The van der Waals surface area contributed by atoms with Gasteiger partial charge >= 0.3 is 0 Å². The summed E-state index contributed by atoms with van der Waals surface area (Å²) < 4.78 is 5.97. The fraction of sp³-hybridized carbons (Fsp3) is 0.267. The van der Waals surface area contributed by atoms with Gasteiger partial charge in [-0.3, -0.25) is 0 Å². The van der Waals surface area contributed by atoms with E-state index in [-0.39, 0.29) is 4.75 Å². The molecule has 0 radical (unpaired) electrons. The molecule has 0 aliphatic rings. The van der Waals surface area contributed by atoms with Gasteiger partial charge in [0, 0.05) is 25.7 Å². The minimum Gasteiger partial charge on any atom is -0.215 e. The summed E-state index contributed by atoms with van der Waals surface area (Å²) in [6.07, 6.45) is 0. The molecule has 1 aromatic heterocycles. The maximum Gasteiger partial charge on any atom is 0.0866 e. The first-order valence-corrected chi connectivity index (χ1v) is 8.51. The van der Waals surface area contributed by atoms with E-state index in [1.165, 1.54) is 5.56 Å². The predicted molar refractivity (Wildman–Crippen MR) is 91.4 cm³/mol. The van der Waals surface area contributed by atoms with Crippen LogP contribution in [0.25, 0.3) is 0 Å². The van der Waals surface area contributed by atoms with Crippen molar-refractivity contribution < 1.29 is 0 Å². The van der Waals surface area contributed by atoms with E-state index in [0.29, 0.717) is 0 Å². The first-order chi connectivity index (χ1) is 8.96. The van der Waals surface area contributed by atoms with Crippen LogP contribution in [0.15, 0.2) is 50.0 Å². The molecule has 1 nitrogen and oxygen atoms in total. The normalized spacial score (nSPS) is 12.7. The molecule has 0 saturated carbocycles. The number of hydrogen-bond donors (Lipinski definition) is 0. The molecule has 0 aliphatic carbocycles. The molecule has 0 saturated heterocycles. The Morgan fingerprint density at radius 1 is 1.11 bits per heavy atom. The second kappa shape index (κ2) is 6.25. The van der Waals surface area contributed by atoms with Crippen molar-refractivity contribution in [3.8, 4) is 0 Å². The predicted octanol–water partition coefficient (Wildman–Crippen LogP) is 5.79. The van der Waals surface area contributed by atoms with Gasteiger partial charge in [-0.25, -0.2) is 4.40 Å². The summed E-state index contributed by atoms with van der Waals surface area (Å²) in [5.41, 5.74) is 3.39. The van der Waals surface area contributed by atoms with E-state index in [4.69, 9.17) is 4.40 Å². The summed E-state index contributed by atoms with van der Waals surface area (Å²) in [5.74, 6) is 0. The summed E-state index contributed by atoms with van der Waals surface area (Å²) in [6, 6.07) is 10.4. The quantitative estimate of drug-likeness (QED) is 0.502. The Labute approximate surface area is 131 Å². The molecule has 19 heavy (non-hydrogen) atoms. The molecule has 0 spiro atoms. The Morgan fingerprint density at radius 3 is 2.32 bits per heavy atom. The van der Waals surface area contributed by atoms with Gasteiger partial charge in [0.2, 0.25) is 0 Å². The Kier molecular flexibility index (Phi) is 4.87. The summed E-state index contributed by atoms with van der Waals surface area (Å²) in [4.78, 5) is 0. The molecule has 1 aromatic carbocycles. The molecule has 0 unspecified atom stereocenters. The van der Waals surface area contributed by atoms with E-state index in [1.54, 1.807) is 23.3 Å². The fourth-order valence-electron chi connectivity index (χ4n) is 1.46. The number of hydrogen-bond acceptors (Lipinski definition) is 3. The maximum absolute atomic E-state index is 4.76. The van der Waals surface area contributed by atoms with Crippen molar-refractivity contribution in [3.05, 3.63) is 56.7 Å². The molecular weight excluding hydrogens is 338 g/mol. The van der Waals surface area contributed by atoms with Gasteiger partial charge in [-0.1, -0.05) is 28.1 Å². The van der Waals surface area contributed by atoms with Gasteiger partial charge in [-0.15, -0.1) is 0 Å². The monoisotopic (exact) mass is 353 g/mol. The van der Waals surface area contributed by atoms with Gasteiger partial charge in [0.25, 0.3) is 0 Å². The van der Waals surface area contributed by atoms with Crippen LogP contribution in [-0.4, -0.2) is 10.5 Å². The third kappa shape index (κ3) is 4.48. The van der Waals surface area contributed by atoms with Crippen molar-refractivity contribution in [2.75, 3.05) is 0 Å². The lowest BCUT2D eigenvalue weighted by Gasteiger charge is -2.14. The smallest absolute Gasteiger partial charge is 0.0866 e. The molecule has 0 amide bonds. The molecule has 2 aromatic rings. The lowest BCUT2D eigenvalue weighted by molar-refractivity contribution is 0.804. The number of thiophene rings is 1. The Balaban J connectivity index is 2.38. The van der Waals surface area contributed by atoms with Gasteiger partial charge in [0.1, 0.15) is 0 Å². The van der Waals surface area contributed by atoms with Crippen LogP contribution in [0.2, 0.25) is 0 Å². The molecule has 4 heteroatoms. The van der Waals surface area contributed by atoms with Crippen LogP contribution in [-0.2, 0) is 0 Å². The molecule has 0 aliphatic heterocycles. The highest BCUT2D eigenvalue weighted by atomic mass is 79.9. The number of halogens is 1. The average molecular weight is 354 g/mol. The lowest BCUT2D eigenvalue weighted by atomic mass is 10.1. The number of rotatable bonds is 3. The first kappa shape index (κ1) is 14.8. The van der Waals surface area contributed by atoms with E-state index >= 15 is 0 Å². The summed E-state index contributed by atoms with van der Waals surface area (Å²) >= 11 is 6.79. The number of nitrogens with zero attached hydrogens (tertiary/aromatic N) is 1. The van der Waals surface area contributed by atoms with Gasteiger partial charge in [0.05, 0.1) is 5.71 Å². The molecule has 0 N–H and O–H groups in total. The molecular formula is C15H16BrNS2. The van der Waals surface area contributed by atoms with Crippen LogP contribution in [0.3, 0.4) is 0 Å². The minimum atomic E-state index is 0.122.